The first-order chi connectivity index (χ1) is 9.69. The Labute approximate surface area is 119 Å². The number of carbonyl (C=O) groups excluding carboxylic acids is 2. The molecule has 0 bridgehead atoms. The van der Waals surface area contributed by atoms with E-state index in [1.54, 1.807) is 24.3 Å². The second-order valence-electron chi connectivity index (χ2n) is 4.98. The lowest BCUT2D eigenvalue weighted by molar-refractivity contribution is -0.116. The molecule has 0 radical (unpaired) electrons. The van der Waals surface area contributed by atoms with Gasteiger partial charge in [-0.2, -0.15) is 0 Å². The van der Waals surface area contributed by atoms with Gasteiger partial charge in [0, 0.05) is 30.3 Å². The molecule has 0 heterocycles. The summed E-state index contributed by atoms with van der Waals surface area (Å²) in [4.78, 5) is 23.6. The molecule has 0 aromatic heterocycles. The number of rotatable bonds is 7. The molecular weight excluding hydrogens is 254 g/mol. The van der Waals surface area contributed by atoms with E-state index in [1.165, 1.54) is 0 Å². The zero-order valence-electron chi connectivity index (χ0n) is 11.7. The normalized spacial score (nSPS) is 13.8. The fourth-order valence-corrected chi connectivity index (χ4v) is 1.84. The zero-order chi connectivity index (χ0) is 14.4. The molecule has 1 aliphatic rings. The fourth-order valence-electron chi connectivity index (χ4n) is 1.84. The minimum atomic E-state index is -0.0729. The van der Waals surface area contributed by atoms with Gasteiger partial charge in [-0.15, -0.1) is 0 Å². The molecule has 2 rings (SSSR count). The fraction of sp³-hybridized carbons (Fsp3) is 0.467. The van der Waals surface area contributed by atoms with Crippen molar-refractivity contribution in [3.63, 3.8) is 0 Å². The van der Waals surface area contributed by atoms with Crippen molar-refractivity contribution in [3.8, 4) is 0 Å². The molecule has 2 amide bonds. The van der Waals surface area contributed by atoms with Gasteiger partial charge in [-0.25, -0.2) is 0 Å². The second-order valence-corrected chi connectivity index (χ2v) is 4.98. The number of amides is 2. The third-order valence-corrected chi connectivity index (χ3v) is 3.10. The molecule has 1 saturated carbocycles. The van der Waals surface area contributed by atoms with E-state index in [-0.39, 0.29) is 11.8 Å². The van der Waals surface area contributed by atoms with Crippen LogP contribution in [0.1, 0.15) is 36.5 Å². The maximum atomic E-state index is 11.9. The number of hydrogen-bond acceptors (Lipinski definition) is 3. The predicted octanol–water partition coefficient (Wildman–Crippen LogP) is 1.52. The number of nitrogens with one attached hydrogen (secondary N) is 3. The van der Waals surface area contributed by atoms with E-state index in [4.69, 9.17) is 0 Å². The van der Waals surface area contributed by atoms with E-state index >= 15 is 0 Å². The third-order valence-electron chi connectivity index (χ3n) is 3.10. The summed E-state index contributed by atoms with van der Waals surface area (Å²) in [7, 11) is 0. The van der Waals surface area contributed by atoms with Crippen LogP contribution in [-0.2, 0) is 4.79 Å². The van der Waals surface area contributed by atoms with E-state index in [0.717, 1.165) is 19.4 Å². The summed E-state index contributed by atoms with van der Waals surface area (Å²) in [5.41, 5.74) is 1.25. The van der Waals surface area contributed by atoms with E-state index in [9.17, 15) is 9.59 Å². The molecule has 20 heavy (non-hydrogen) atoms. The molecule has 1 fully saturated rings. The average molecular weight is 275 g/mol. The molecule has 5 heteroatoms. The second kappa shape index (κ2) is 7.05. The van der Waals surface area contributed by atoms with Crippen molar-refractivity contribution in [3.05, 3.63) is 29.8 Å². The highest BCUT2D eigenvalue weighted by Gasteiger charge is 2.23. The lowest BCUT2D eigenvalue weighted by Crippen LogP contribution is -2.25. The molecule has 0 saturated heterocycles. The smallest absolute Gasteiger partial charge is 0.251 e. The zero-order valence-corrected chi connectivity index (χ0v) is 11.7. The van der Waals surface area contributed by atoms with Crippen LogP contribution in [-0.4, -0.2) is 30.9 Å². The molecule has 0 spiro atoms. The standard InChI is InChI=1S/C15H21N3O2/c1-2-16-9-8-14(19)17-13-5-3-4-11(10-13)15(20)18-12-6-7-12/h3-5,10,12,16H,2,6-9H2,1H3,(H,17,19)(H,18,20). The largest absolute Gasteiger partial charge is 0.349 e. The van der Waals surface area contributed by atoms with Crippen molar-refractivity contribution in [1.29, 1.82) is 0 Å². The van der Waals surface area contributed by atoms with Gasteiger partial charge in [0.1, 0.15) is 0 Å². The summed E-state index contributed by atoms with van der Waals surface area (Å²) in [5, 5.41) is 8.84. The van der Waals surface area contributed by atoms with Gasteiger partial charge in [-0.3, -0.25) is 9.59 Å². The van der Waals surface area contributed by atoms with Gasteiger partial charge in [0.05, 0.1) is 0 Å². The summed E-state index contributed by atoms with van der Waals surface area (Å²) >= 11 is 0. The lowest BCUT2D eigenvalue weighted by Gasteiger charge is -2.08. The molecule has 108 valence electrons. The Morgan fingerprint density at radius 3 is 2.80 bits per heavy atom. The predicted molar refractivity (Wildman–Crippen MR) is 78.7 cm³/mol. The van der Waals surface area contributed by atoms with Crippen molar-refractivity contribution in [2.45, 2.75) is 32.2 Å². The van der Waals surface area contributed by atoms with Gasteiger partial charge in [0.25, 0.3) is 5.91 Å². The molecule has 0 atom stereocenters. The number of anilines is 1. The SMILES string of the molecule is CCNCCC(=O)Nc1cccc(C(=O)NC2CC2)c1. The third kappa shape index (κ3) is 4.66. The van der Waals surface area contributed by atoms with Crippen molar-refractivity contribution in [1.82, 2.24) is 10.6 Å². The minimum absolute atomic E-state index is 0.0503. The maximum absolute atomic E-state index is 11.9. The van der Waals surface area contributed by atoms with Gasteiger partial charge in [-0.05, 0) is 37.6 Å². The van der Waals surface area contributed by atoms with E-state index in [2.05, 4.69) is 16.0 Å². The first kappa shape index (κ1) is 14.5. The van der Waals surface area contributed by atoms with Gasteiger partial charge < -0.3 is 16.0 Å². The summed E-state index contributed by atoms with van der Waals surface area (Å²) in [6, 6.07) is 7.37. The van der Waals surface area contributed by atoms with Gasteiger partial charge in [-0.1, -0.05) is 13.0 Å². The lowest BCUT2D eigenvalue weighted by atomic mass is 10.2. The number of hydrogen-bond donors (Lipinski definition) is 3. The Hall–Kier alpha value is -1.88. The molecule has 0 unspecified atom stereocenters. The van der Waals surface area contributed by atoms with Gasteiger partial charge in [0.15, 0.2) is 0 Å². The van der Waals surface area contributed by atoms with E-state index in [0.29, 0.717) is 30.3 Å². The molecule has 1 aliphatic carbocycles. The topological polar surface area (TPSA) is 70.2 Å². The summed E-state index contributed by atoms with van der Waals surface area (Å²) in [6.45, 7) is 3.51. The van der Waals surface area contributed by atoms with Crippen LogP contribution in [0.4, 0.5) is 5.69 Å². The van der Waals surface area contributed by atoms with Crippen LogP contribution in [0.15, 0.2) is 24.3 Å². The van der Waals surface area contributed by atoms with Gasteiger partial charge >= 0.3 is 0 Å². The van der Waals surface area contributed by atoms with Crippen LogP contribution < -0.4 is 16.0 Å². The van der Waals surface area contributed by atoms with Crippen LogP contribution >= 0.6 is 0 Å². The van der Waals surface area contributed by atoms with Crippen LogP contribution in [0, 0.1) is 0 Å². The highest BCUT2D eigenvalue weighted by Crippen LogP contribution is 2.20. The Bertz CT molecular complexity index is 484. The van der Waals surface area contributed by atoms with Gasteiger partial charge in [0.2, 0.25) is 5.91 Å². The summed E-state index contributed by atoms with van der Waals surface area (Å²) < 4.78 is 0. The van der Waals surface area contributed by atoms with Crippen molar-refractivity contribution in [2.24, 2.45) is 0 Å². The molecular formula is C15H21N3O2. The maximum Gasteiger partial charge on any atom is 0.251 e. The highest BCUT2D eigenvalue weighted by atomic mass is 16.2. The van der Waals surface area contributed by atoms with E-state index in [1.807, 2.05) is 6.92 Å². The molecule has 1 aromatic carbocycles. The quantitative estimate of drug-likeness (QED) is 0.661. The number of benzene rings is 1. The Balaban J connectivity index is 1.88. The van der Waals surface area contributed by atoms with Crippen molar-refractivity contribution in [2.75, 3.05) is 18.4 Å². The highest BCUT2D eigenvalue weighted by molar-refractivity contribution is 5.97. The van der Waals surface area contributed by atoms with Crippen LogP contribution in [0.3, 0.4) is 0 Å². The summed E-state index contributed by atoms with van der Waals surface area (Å²) in [6.07, 6.45) is 2.55. The van der Waals surface area contributed by atoms with Crippen molar-refractivity contribution < 1.29 is 9.59 Å². The van der Waals surface area contributed by atoms with E-state index < -0.39 is 0 Å². The first-order valence-corrected chi connectivity index (χ1v) is 7.10. The first-order valence-electron chi connectivity index (χ1n) is 7.10. The molecule has 0 aliphatic heterocycles. The van der Waals surface area contributed by atoms with Crippen LogP contribution in [0.2, 0.25) is 0 Å². The van der Waals surface area contributed by atoms with Crippen LogP contribution in [0.25, 0.3) is 0 Å². The minimum Gasteiger partial charge on any atom is -0.349 e. The Morgan fingerprint density at radius 1 is 1.30 bits per heavy atom. The Morgan fingerprint density at radius 2 is 2.10 bits per heavy atom. The molecule has 1 aromatic rings. The summed E-state index contributed by atoms with van der Waals surface area (Å²) in [5.74, 6) is -0.123. The molecule has 5 nitrogen and oxygen atoms in total. The average Bonchev–Trinajstić information content (AvgIpc) is 3.23. The van der Waals surface area contributed by atoms with Crippen molar-refractivity contribution >= 4 is 17.5 Å². The Kier molecular flexibility index (Phi) is 5.12. The number of carbonyl (C=O) groups is 2. The monoisotopic (exact) mass is 275 g/mol. The molecule has 3 N–H and O–H groups in total. The van der Waals surface area contributed by atoms with Crippen LogP contribution in [0.5, 0.6) is 0 Å².